The molecule has 0 aliphatic rings. The first-order valence-electron chi connectivity index (χ1n) is 7.42. The van der Waals surface area contributed by atoms with Crippen LogP contribution in [0.15, 0.2) is 54.6 Å². The fraction of sp³-hybridized carbons (Fsp3) is 0.235. The number of thioether (sulfide) groups is 1. The molecule has 24 heavy (non-hydrogen) atoms. The fourth-order valence-corrected chi connectivity index (χ4v) is 3.42. The molecule has 0 saturated carbocycles. The molecule has 2 rings (SSSR count). The Hall–Kier alpha value is -1.99. The minimum Gasteiger partial charge on any atom is -0.351 e. The molecule has 0 aliphatic carbocycles. The van der Waals surface area contributed by atoms with E-state index < -0.39 is 10.0 Å². The number of benzene rings is 2. The Labute approximate surface area is 146 Å². The van der Waals surface area contributed by atoms with Crippen LogP contribution in [-0.2, 0) is 15.8 Å². The van der Waals surface area contributed by atoms with E-state index in [-0.39, 0.29) is 5.91 Å². The van der Waals surface area contributed by atoms with Crippen molar-refractivity contribution in [3.8, 4) is 0 Å². The Balaban J connectivity index is 1.77. The van der Waals surface area contributed by atoms with Gasteiger partial charge in [0.2, 0.25) is 10.0 Å². The number of anilines is 1. The SMILES string of the molecule is CS(=O)(=O)Nc1cccc(C(=O)NCCSCc2ccccc2)c1. The molecule has 0 atom stereocenters. The first-order chi connectivity index (χ1) is 11.4. The standard InChI is InChI=1S/C17H20N2O3S2/c1-24(21,22)19-16-9-5-8-15(12-16)17(20)18-10-11-23-13-14-6-3-2-4-7-14/h2-9,12,19H,10-11,13H2,1H3,(H,18,20). The Morgan fingerprint density at radius 2 is 1.83 bits per heavy atom. The van der Waals surface area contributed by atoms with Gasteiger partial charge in [-0.05, 0) is 23.8 Å². The van der Waals surface area contributed by atoms with Crippen molar-refractivity contribution in [2.24, 2.45) is 0 Å². The van der Waals surface area contributed by atoms with Gasteiger partial charge in [0, 0.05) is 29.3 Å². The maximum Gasteiger partial charge on any atom is 0.251 e. The molecular formula is C17H20N2O3S2. The summed E-state index contributed by atoms with van der Waals surface area (Å²) >= 11 is 1.75. The van der Waals surface area contributed by atoms with E-state index in [9.17, 15) is 13.2 Å². The first kappa shape index (κ1) is 18.4. The average Bonchev–Trinajstić information content (AvgIpc) is 2.54. The minimum absolute atomic E-state index is 0.215. The Kier molecular flexibility index (Phi) is 6.69. The van der Waals surface area contributed by atoms with Crippen molar-refractivity contribution in [1.82, 2.24) is 5.32 Å². The highest BCUT2D eigenvalue weighted by atomic mass is 32.2. The molecule has 2 N–H and O–H groups in total. The molecule has 0 saturated heterocycles. The summed E-state index contributed by atoms with van der Waals surface area (Å²) in [7, 11) is -3.36. The molecular weight excluding hydrogens is 344 g/mol. The monoisotopic (exact) mass is 364 g/mol. The van der Waals surface area contributed by atoms with Crippen molar-refractivity contribution in [2.75, 3.05) is 23.3 Å². The van der Waals surface area contributed by atoms with Crippen LogP contribution in [0.3, 0.4) is 0 Å². The van der Waals surface area contributed by atoms with Crippen LogP contribution in [-0.4, -0.2) is 32.9 Å². The predicted octanol–water partition coefficient (Wildman–Crippen LogP) is 2.72. The van der Waals surface area contributed by atoms with Crippen LogP contribution >= 0.6 is 11.8 Å². The number of amides is 1. The van der Waals surface area contributed by atoms with Crippen LogP contribution in [0.2, 0.25) is 0 Å². The molecule has 5 nitrogen and oxygen atoms in total. The molecule has 0 heterocycles. The summed E-state index contributed by atoms with van der Waals surface area (Å²) in [5.41, 5.74) is 2.06. The van der Waals surface area contributed by atoms with Gasteiger partial charge in [-0.15, -0.1) is 0 Å². The van der Waals surface area contributed by atoms with Gasteiger partial charge >= 0.3 is 0 Å². The topological polar surface area (TPSA) is 75.3 Å². The number of nitrogens with one attached hydrogen (secondary N) is 2. The summed E-state index contributed by atoms with van der Waals surface area (Å²) < 4.78 is 24.8. The fourth-order valence-electron chi connectivity index (χ4n) is 2.04. The van der Waals surface area contributed by atoms with Crippen molar-refractivity contribution in [3.05, 3.63) is 65.7 Å². The van der Waals surface area contributed by atoms with Gasteiger partial charge in [-0.2, -0.15) is 11.8 Å². The highest BCUT2D eigenvalue weighted by molar-refractivity contribution is 7.98. The smallest absolute Gasteiger partial charge is 0.251 e. The zero-order chi connectivity index (χ0) is 17.4. The third-order valence-corrected chi connectivity index (χ3v) is 4.71. The molecule has 0 spiro atoms. The normalized spacial score (nSPS) is 11.0. The predicted molar refractivity (Wildman–Crippen MR) is 99.8 cm³/mol. The molecule has 128 valence electrons. The third-order valence-electron chi connectivity index (χ3n) is 3.07. The summed E-state index contributed by atoms with van der Waals surface area (Å²) in [6, 6.07) is 16.6. The lowest BCUT2D eigenvalue weighted by Gasteiger charge is -2.08. The largest absolute Gasteiger partial charge is 0.351 e. The molecule has 0 fully saturated rings. The lowest BCUT2D eigenvalue weighted by Crippen LogP contribution is -2.25. The second kappa shape index (κ2) is 8.75. The third kappa shape index (κ3) is 6.64. The summed E-state index contributed by atoms with van der Waals surface area (Å²) in [5, 5.41) is 2.84. The molecule has 1 amide bonds. The molecule has 2 aromatic carbocycles. The highest BCUT2D eigenvalue weighted by Crippen LogP contribution is 2.13. The Morgan fingerprint density at radius 1 is 1.08 bits per heavy atom. The van der Waals surface area contributed by atoms with E-state index in [4.69, 9.17) is 0 Å². The van der Waals surface area contributed by atoms with Crippen molar-refractivity contribution in [2.45, 2.75) is 5.75 Å². The zero-order valence-electron chi connectivity index (χ0n) is 13.4. The van der Waals surface area contributed by atoms with Crippen LogP contribution in [0.25, 0.3) is 0 Å². The lowest BCUT2D eigenvalue weighted by molar-refractivity contribution is 0.0956. The van der Waals surface area contributed by atoms with E-state index in [1.807, 2.05) is 18.2 Å². The van der Waals surface area contributed by atoms with Crippen molar-refractivity contribution >= 4 is 33.4 Å². The van der Waals surface area contributed by atoms with Crippen LogP contribution in [0.1, 0.15) is 15.9 Å². The van der Waals surface area contributed by atoms with Gasteiger partial charge in [-0.1, -0.05) is 36.4 Å². The number of sulfonamides is 1. The Morgan fingerprint density at radius 3 is 2.54 bits per heavy atom. The van der Waals surface area contributed by atoms with Gasteiger partial charge in [0.1, 0.15) is 0 Å². The van der Waals surface area contributed by atoms with E-state index in [2.05, 4.69) is 22.2 Å². The maximum absolute atomic E-state index is 12.1. The maximum atomic E-state index is 12.1. The summed E-state index contributed by atoms with van der Waals surface area (Å²) in [5.74, 6) is 1.50. The molecule has 0 aromatic heterocycles. The summed E-state index contributed by atoms with van der Waals surface area (Å²) in [6.07, 6.45) is 1.07. The first-order valence-corrected chi connectivity index (χ1v) is 10.5. The average molecular weight is 364 g/mol. The van der Waals surface area contributed by atoms with Gasteiger partial charge in [0.25, 0.3) is 5.91 Å². The Bertz CT molecular complexity index is 777. The molecule has 7 heteroatoms. The van der Waals surface area contributed by atoms with Crippen LogP contribution in [0.4, 0.5) is 5.69 Å². The van der Waals surface area contributed by atoms with Crippen molar-refractivity contribution in [1.29, 1.82) is 0 Å². The van der Waals surface area contributed by atoms with E-state index in [1.165, 1.54) is 11.6 Å². The number of hydrogen-bond acceptors (Lipinski definition) is 4. The van der Waals surface area contributed by atoms with E-state index in [1.54, 1.807) is 30.0 Å². The van der Waals surface area contributed by atoms with Gasteiger partial charge in [-0.25, -0.2) is 8.42 Å². The van der Waals surface area contributed by atoms with Crippen LogP contribution in [0, 0.1) is 0 Å². The molecule has 0 radical (unpaired) electrons. The van der Waals surface area contributed by atoms with Gasteiger partial charge in [0.05, 0.1) is 6.26 Å². The number of rotatable bonds is 8. The molecule has 0 unspecified atom stereocenters. The van der Waals surface area contributed by atoms with Gasteiger partial charge in [0.15, 0.2) is 0 Å². The van der Waals surface area contributed by atoms with E-state index in [0.29, 0.717) is 17.8 Å². The molecule has 0 bridgehead atoms. The highest BCUT2D eigenvalue weighted by Gasteiger charge is 2.07. The number of hydrogen-bond donors (Lipinski definition) is 2. The number of carbonyl (C=O) groups is 1. The van der Waals surface area contributed by atoms with Crippen LogP contribution in [0.5, 0.6) is 0 Å². The van der Waals surface area contributed by atoms with Gasteiger partial charge < -0.3 is 5.32 Å². The lowest BCUT2D eigenvalue weighted by atomic mass is 10.2. The second-order valence-corrected chi connectivity index (χ2v) is 8.10. The van der Waals surface area contributed by atoms with E-state index in [0.717, 1.165) is 17.8 Å². The quantitative estimate of drug-likeness (QED) is 0.706. The zero-order valence-corrected chi connectivity index (χ0v) is 15.0. The minimum atomic E-state index is -3.36. The second-order valence-electron chi connectivity index (χ2n) is 5.25. The van der Waals surface area contributed by atoms with Gasteiger partial charge in [-0.3, -0.25) is 9.52 Å². The molecule has 2 aromatic rings. The van der Waals surface area contributed by atoms with Crippen molar-refractivity contribution in [3.63, 3.8) is 0 Å². The van der Waals surface area contributed by atoms with Crippen molar-refractivity contribution < 1.29 is 13.2 Å². The summed E-state index contributed by atoms with van der Waals surface area (Å²) in [6.45, 7) is 0.556. The summed E-state index contributed by atoms with van der Waals surface area (Å²) in [4.78, 5) is 12.1. The molecule has 0 aliphatic heterocycles. The van der Waals surface area contributed by atoms with E-state index >= 15 is 0 Å². The number of carbonyl (C=O) groups excluding carboxylic acids is 1. The van der Waals surface area contributed by atoms with Crippen LogP contribution < -0.4 is 10.0 Å².